The number of nitriles is 1. The van der Waals surface area contributed by atoms with Gasteiger partial charge in [0.15, 0.2) is 6.10 Å². The first kappa shape index (κ1) is 16.7. The highest BCUT2D eigenvalue weighted by Gasteiger charge is 2.25. The van der Waals surface area contributed by atoms with Crippen molar-refractivity contribution in [2.24, 2.45) is 0 Å². The summed E-state index contributed by atoms with van der Waals surface area (Å²) in [5.74, 6) is -1.63. The molecule has 1 aromatic carbocycles. The molecule has 1 aromatic rings. The van der Waals surface area contributed by atoms with Crippen LogP contribution in [0.2, 0.25) is 0 Å². The van der Waals surface area contributed by atoms with Crippen molar-refractivity contribution in [3.63, 3.8) is 0 Å². The lowest BCUT2D eigenvalue weighted by molar-refractivity contribution is -0.144. The third-order valence-electron chi connectivity index (χ3n) is 2.97. The minimum absolute atomic E-state index is 0.208. The lowest BCUT2D eigenvalue weighted by Crippen LogP contribution is -2.43. The highest BCUT2D eigenvalue weighted by atomic mass is 16.5. The zero-order valence-corrected chi connectivity index (χ0v) is 11.8. The Morgan fingerprint density at radius 3 is 2.57 bits per heavy atom. The Bertz CT molecular complexity index is 510. The molecule has 0 bridgehead atoms. The third kappa shape index (κ3) is 5.24. The minimum Gasteiger partial charge on any atom is -0.480 e. The molecule has 0 radical (unpaired) electrons. The van der Waals surface area contributed by atoms with Crippen molar-refractivity contribution < 1.29 is 19.4 Å². The maximum atomic E-state index is 12.2. The highest BCUT2D eigenvalue weighted by Crippen LogP contribution is 2.16. The smallest absolute Gasteiger partial charge is 0.326 e. The summed E-state index contributed by atoms with van der Waals surface area (Å²) in [6, 6.07) is 9.76. The van der Waals surface area contributed by atoms with Crippen molar-refractivity contribution in [1.29, 1.82) is 5.26 Å². The molecule has 21 heavy (non-hydrogen) atoms. The number of rotatable bonds is 8. The molecule has 112 valence electrons. The van der Waals surface area contributed by atoms with E-state index in [-0.39, 0.29) is 12.8 Å². The highest BCUT2D eigenvalue weighted by molar-refractivity contribution is 5.87. The third-order valence-corrected chi connectivity index (χ3v) is 2.97. The van der Waals surface area contributed by atoms with Crippen molar-refractivity contribution in [2.45, 2.75) is 31.4 Å². The summed E-state index contributed by atoms with van der Waals surface area (Å²) in [4.78, 5) is 23.3. The number of hydrogen-bond acceptors (Lipinski definition) is 4. The molecule has 0 fully saturated rings. The lowest BCUT2D eigenvalue weighted by Gasteiger charge is -2.19. The number of carbonyl (C=O) groups excluding carboxylic acids is 1. The van der Waals surface area contributed by atoms with E-state index in [9.17, 15) is 9.59 Å². The van der Waals surface area contributed by atoms with Crippen molar-refractivity contribution in [2.75, 3.05) is 7.11 Å². The van der Waals surface area contributed by atoms with E-state index in [1.54, 1.807) is 24.3 Å². The number of aliphatic carboxylic acids is 1. The molecular weight excluding hydrogens is 272 g/mol. The van der Waals surface area contributed by atoms with Gasteiger partial charge < -0.3 is 15.2 Å². The molecule has 6 nitrogen and oxygen atoms in total. The van der Waals surface area contributed by atoms with Gasteiger partial charge in [0.25, 0.3) is 5.91 Å². The molecule has 0 spiro atoms. The van der Waals surface area contributed by atoms with Crippen LogP contribution in [-0.2, 0) is 14.3 Å². The molecule has 0 saturated carbocycles. The predicted octanol–water partition coefficient (Wildman–Crippen LogP) is 1.64. The van der Waals surface area contributed by atoms with Gasteiger partial charge in [-0.1, -0.05) is 30.3 Å². The number of nitrogens with zero attached hydrogens (tertiary/aromatic N) is 1. The molecule has 0 aliphatic heterocycles. The molecule has 0 heterocycles. The van der Waals surface area contributed by atoms with Gasteiger partial charge in [-0.3, -0.25) is 4.79 Å². The number of amides is 1. The van der Waals surface area contributed by atoms with Gasteiger partial charge in [-0.05, 0) is 18.4 Å². The average molecular weight is 290 g/mol. The van der Waals surface area contributed by atoms with Gasteiger partial charge in [0.2, 0.25) is 0 Å². The van der Waals surface area contributed by atoms with Crippen LogP contribution in [0.25, 0.3) is 0 Å². The number of unbranched alkanes of at least 4 members (excludes halogenated alkanes) is 1. The van der Waals surface area contributed by atoms with Gasteiger partial charge in [-0.2, -0.15) is 5.26 Å². The van der Waals surface area contributed by atoms with Gasteiger partial charge in [0, 0.05) is 13.5 Å². The SMILES string of the molecule is CO[C@H](C(=O)N[C@H](CCCC#N)C(=O)O)c1ccccc1. The number of carbonyl (C=O) groups is 2. The van der Waals surface area contributed by atoms with Crippen LogP contribution in [0.3, 0.4) is 0 Å². The summed E-state index contributed by atoms with van der Waals surface area (Å²) in [5.41, 5.74) is 0.652. The first-order valence-corrected chi connectivity index (χ1v) is 6.58. The number of carboxylic acids is 1. The summed E-state index contributed by atoms with van der Waals surface area (Å²) in [7, 11) is 1.39. The maximum Gasteiger partial charge on any atom is 0.326 e. The summed E-state index contributed by atoms with van der Waals surface area (Å²) in [6.07, 6.45) is 0.0202. The van der Waals surface area contributed by atoms with Crippen LogP contribution in [0.5, 0.6) is 0 Å². The van der Waals surface area contributed by atoms with Crippen LogP contribution in [0.1, 0.15) is 30.9 Å². The summed E-state index contributed by atoms with van der Waals surface area (Å²) in [6.45, 7) is 0. The molecule has 0 aromatic heterocycles. The largest absolute Gasteiger partial charge is 0.480 e. The van der Waals surface area contributed by atoms with E-state index >= 15 is 0 Å². The molecule has 1 amide bonds. The molecule has 0 unspecified atom stereocenters. The van der Waals surface area contributed by atoms with Gasteiger partial charge in [-0.15, -0.1) is 0 Å². The van der Waals surface area contributed by atoms with Crippen LogP contribution in [0, 0.1) is 11.3 Å². The molecular formula is C15H18N2O4. The van der Waals surface area contributed by atoms with Gasteiger partial charge in [0.05, 0.1) is 6.07 Å². The van der Waals surface area contributed by atoms with E-state index in [1.807, 2.05) is 12.1 Å². The summed E-state index contributed by atoms with van der Waals surface area (Å²) >= 11 is 0. The van der Waals surface area contributed by atoms with E-state index in [0.717, 1.165) is 0 Å². The standard InChI is InChI=1S/C15H18N2O4/c1-21-13(11-7-3-2-4-8-11)14(18)17-12(15(19)20)9-5-6-10-16/h2-4,7-8,12-13H,5-6,9H2,1H3,(H,17,18)(H,19,20)/t12-,13+/m1/s1. The van der Waals surface area contributed by atoms with Crippen molar-refractivity contribution in [1.82, 2.24) is 5.32 Å². The Morgan fingerprint density at radius 1 is 1.38 bits per heavy atom. The molecule has 2 atom stereocenters. The van der Waals surface area contributed by atoms with E-state index < -0.39 is 24.0 Å². The first-order chi connectivity index (χ1) is 10.1. The molecule has 0 aliphatic rings. The molecule has 2 N–H and O–H groups in total. The Morgan fingerprint density at radius 2 is 2.05 bits per heavy atom. The number of hydrogen-bond donors (Lipinski definition) is 2. The van der Waals surface area contributed by atoms with Gasteiger partial charge in [0.1, 0.15) is 6.04 Å². The number of ether oxygens (including phenoxy) is 1. The van der Waals surface area contributed by atoms with Gasteiger partial charge in [-0.25, -0.2) is 4.79 Å². The Kier molecular flexibility index (Phi) is 6.92. The Hall–Kier alpha value is -2.39. The van der Waals surface area contributed by atoms with E-state index in [1.165, 1.54) is 7.11 Å². The number of carboxylic acid groups (broad SMARTS) is 1. The van der Waals surface area contributed by atoms with Crippen molar-refractivity contribution in [3.05, 3.63) is 35.9 Å². The number of benzene rings is 1. The molecule has 0 aliphatic carbocycles. The summed E-state index contributed by atoms with van der Waals surface area (Å²) < 4.78 is 5.15. The zero-order chi connectivity index (χ0) is 15.7. The second kappa shape index (κ2) is 8.72. The van der Waals surface area contributed by atoms with Crippen molar-refractivity contribution in [3.8, 4) is 6.07 Å². The first-order valence-electron chi connectivity index (χ1n) is 6.58. The van der Waals surface area contributed by atoms with Crippen LogP contribution in [0.15, 0.2) is 30.3 Å². The van der Waals surface area contributed by atoms with E-state index in [4.69, 9.17) is 15.1 Å². The molecule has 6 heteroatoms. The maximum absolute atomic E-state index is 12.2. The quantitative estimate of drug-likeness (QED) is 0.709. The fraction of sp³-hybridized carbons (Fsp3) is 0.400. The number of nitrogens with one attached hydrogen (secondary N) is 1. The fourth-order valence-corrected chi connectivity index (χ4v) is 1.91. The average Bonchev–Trinajstić information content (AvgIpc) is 2.48. The Balaban J connectivity index is 2.71. The van der Waals surface area contributed by atoms with Crippen molar-refractivity contribution >= 4 is 11.9 Å². The molecule has 1 rings (SSSR count). The second-order valence-corrected chi connectivity index (χ2v) is 4.48. The predicted molar refractivity (Wildman–Crippen MR) is 75.2 cm³/mol. The van der Waals surface area contributed by atoms with Crippen LogP contribution < -0.4 is 5.32 Å². The second-order valence-electron chi connectivity index (χ2n) is 4.48. The molecule has 0 saturated heterocycles. The lowest BCUT2D eigenvalue weighted by atomic mass is 10.1. The van der Waals surface area contributed by atoms with Gasteiger partial charge >= 0.3 is 5.97 Å². The van der Waals surface area contributed by atoms with Crippen LogP contribution >= 0.6 is 0 Å². The van der Waals surface area contributed by atoms with E-state index in [0.29, 0.717) is 12.0 Å². The minimum atomic E-state index is -1.12. The fourth-order valence-electron chi connectivity index (χ4n) is 1.91. The topological polar surface area (TPSA) is 99.4 Å². The normalized spacial score (nSPS) is 13.0. The van der Waals surface area contributed by atoms with Crippen LogP contribution in [-0.4, -0.2) is 30.1 Å². The Labute approximate surface area is 123 Å². The van der Waals surface area contributed by atoms with Crippen LogP contribution in [0.4, 0.5) is 0 Å². The number of methoxy groups -OCH3 is 1. The summed E-state index contributed by atoms with van der Waals surface area (Å²) in [5, 5.41) is 20.0. The monoisotopic (exact) mass is 290 g/mol. The van der Waals surface area contributed by atoms with E-state index in [2.05, 4.69) is 5.32 Å². The zero-order valence-electron chi connectivity index (χ0n) is 11.8.